The summed E-state index contributed by atoms with van der Waals surface area (Å²) < 4.78 is 5.45. The van der Waals surface area contributed by atoms with Gasteiger partial charge >= 0.3 is 0 Å². The maximum absolute atomic E-state index is 8.50. The average Bonchev–Trinajstić information content (AvgIpc) is 2.37. The highest BCUT2D eigenvalue weighted by Gasteiger charge is 2.06. The Labute approximate surface area is 106 Å². The highest BCUT2D eigenvalue weighted by molar-refractivity contribution is 5.94. The Kier molecular flexibility index (Phi) is 5.31. The predicted octanol–water partition coefficient (Wildman–Crippen LogP) is 0.432. The number of anilines is 1. The lowest BCUT2D eigenvalue weighted by atomic mass is 10.4. The van der Waals surface area contributed by atoms with Crippen molar-refractivity contribution in [3.05, 3.63) is 18.1 Å². The van der Waals surface area contributed by atoms with E-state index in [1.807, 2.05) is 25.8 Å². The van der Waals surface area contributed by atoms with Crippen molar-refractivity contribution < 1.29 is 9.94 Å². The summed E-state index contributed by atoms with van der Waals surface area (Å²) in [6.45, 7) is 5.32. The van der Waals surface area contributed by atoms with Crippen LogP contribution >= 0.6 is 0 Å². The van der Waals surface area contributed by atoms with E-state index in [2.05, 4.69) is 15.1 Å². The lowest BCUT2D eigenvalue weighted by Gasteiger charge is -2.18. The van der Waals surface area contributed by atoms with Crippen LogP contribution in [0.5, 0.6) is 0 Å². The van der Waals surface area contributed by atoms with Gasteiger partial charge in [-0.25, -0.2) is 9.97 Å². The summed E-state index contributed by atoms with van der Waals surface area (Å²) in [5.74, 6) is 0.650. The molecule has 0 unspecified atom stereocenters. The molecule has 7 heteroatoms. The number of rotatable bonds is 6. The quantitative estimate of drug-likeness (QED) is 0.330. The van der Waals surface area contributed by atoms with E-state index in [9.17, 15) is 0 Å². The van der Waals surface area contributed by atoms with Gasteiger partial charge in [0.15, 0.2) is 5.84 Å². The molecule has 1 rings (SSSR count). The van der Waals surface area contributed by atoms with Crippen LogP contribution in [-0.2, 0) is 4.74 Å². The molecule has 18 heavy (non-hydrogen) atoms. The molecule has 0 aromatic carbocycles. The molecule has 0 aliphatic heterocycles. The maximum Gasteiger partial charge on any atom is 0.190 e. The third-order valence-electron chi connectivity index (χ3n) is 2.28. The second-order valence-electron chi connectivity index (χ2n) is 4.09. The minimum Gasteiger partial charge on any atom is -0.409 e. The molecule has 3 N–H and O–H groups in total. The lowest BCUT2D eigenvalue weighted by Crippen LogP contribution is -2.25. The van der Waals surface area contributed by atoms with Crippen LogP contribution in [0.2, 0.25) is 0 Å². The molecule has 0 radical (unpaired) electrons. The van der Waals surface area contributed by atoms with Crippen LogP contribution in [-0.4, -0.2) is 47.3 Å². The van der Waals surface area contributed by atoms with Crippen LogP contribution in [0.4, 0.5) is 5.82 Å². The van der Waals surface area contributed by atoms with Crippen molar-refractivity contribution in [1.29, 1.82) is 0 Å². The summed E-state index contributed by atoms with van der Waals surface area (Å²) in [6, 6.07) is 0. The monoisotopic (exact) mass is 253 g/mol. The third kappa shape index (κ3) is 4.17. The summed E-state index contributed by atoms with van der Waals surface area (Å²) in [4.78, 5) is 10.2. The predicted molar refractivity (Wildman–Crippen MR) is 68.9 cm³/mol. The van der Waals surface area contributed by atoms with E-state index in [0.29, 0.717) is 18.1 Å². The van der Waals surface area contributed by atoms with E-state index < -0.39 is 0 Å². The van der Waals surface area contributed by atoms with E-state index in [1.165, 1.54) is 6.20 Å². The number of oxime groups is 1. The van der Waals surface area contributed by atoms with Gasteiger partial charge in [0, 0.05) is 13.6 Å². The van der Waals surface area contributed by atoms with Gasteiger partial charge in [-0.05, 0) is 13.8 Å². The Morgan fingerprint density at radius 3 is 2.72 bits per heavy atom. The molecule has 0 aliphatic carbocycles. The molecule has 0 amide bonds. The highest BCUT2D eigenvalue weighted by atomic mass is 16.5. The minimum absolute atomic E-state index is 0.0557. The molecule has 0 fully saturated rings. The van der Waals surface area contributed by atoms with Gasteiger partial charge in [0.05, 0.1) is 25.1 Å². The Balaban J connectivity index is 2.56. The van der Waals surface area contributed by atoms with E-state index >= 15 is 0 Å². The van der Waals surface area contributed by atoms with Gasteiger partial charge in [-0.3, -0.25) is 0 Å². The van der Waals surface area contributed by atoms with E-state index in [4.69, 9.17) is 15.7 Å². The fourth-order valence-corrected chi connectivity index (χ4v) is 1.24. The Morgan fingerprint density at radius 2 is 2.22 bits per heavy atom. The second-order valence-corrected chi connectivity index (χ2v) is 4.09. The van der Waals surface area contributed by atoms with E-state index in [0.717, 1.165) is 6.54 Å². The number of hydrogen-bond acceptors (Lipinski definition) is 6. The fraction of sp³-hybridized carbons (Fsp3) is 0.545. The van der Waals surface area contributed by atoms with Gasteiger partial charge in [-0.15, -0.1) is 0 Å². The molecule has 0 atom stereocenters. The molecular weight excluding hydrogens is 234 g/mol. The Bertz CT molecular complexity index is 391. The molecule has 0 spiro atoms. The van der Waals surface area contributed by atoms with Crippen molar-refractivity contribution in [2.24, 2.45) is 10.9 Å². The zero-order valence-corrected chi connectivity index (χ0v) is 10.9. The minimum atomic E-state index is -0.0557. The first-order valence-corrected chi connectivity index (χ1v) is 5.67. The fourth-order valence-electron chi connectivity index (χ4n) is 1.24. The molecule has 100 valence electrons. The number of likely N-dealkylation sites (N-methyl/N-ethyl adjacent to an activating group) is 1. The lowest BCUT2D eigenvalue weighted by molar-refractivity contribution is 0.0845. The summed E-state index contributed by atoms with van der Waals surface area (Å²) in [7, 11) is 1.90. The average molecular weight is 253 g/mol. The van der Waals surface area contributed by atoms with Crippen LogP contribution in [0.25, 0.3) is 0 Å². The summed E-state index contributed by atoms with van der Waals surface area (Å²) in [5, 5.41) is 11.4. The van der Waals surface area contributed by atoms with Crippen molar-refractivity contribution in [3.8, 4) is 0 Å². The Hall–Kier alpha value is -1.89. The topological polar surface area (TPSA) is 96.9 Å². The maximum atomic E-state index is 8.50. The van der Waals surface area contributed by atoms with Crippen molar-refractivity contribution in [3.63, 3.8) is 0 Å². The molecule has 0 saturated heterocycles. The largest absolute Gasteiger partial charge is 0.409 e. The SMILES string of the molecule is CC(C)OCCN(C)c1cnc(C(N)=NO)cn1. The van der Waals surface area contributed by atoms with Crippen LogP contribution in [0.15, 0.2) is 17.5 Å². The summed E-state index contributed by atoms with van der Waals surface area (Å²) in [6.07, 6.45) is 3.25. The van der Waals surface area contributed by atoms with Crippen LogP contribution < -0.4 is 10.6 Å². The smallest absolute Gasteiger partial charge is 0.190 e. The van der Waals surface area contributed by atoms with Gasteiger partial charge in [-0.2, -0.15) is 0 Å². The van der Waals surface area contributed by atoms with Crippen LogP contribution in [0, 0.1) is 0 Å². The van der Waals surface area contributed by atoms with Crippen molar-refractivity contribution in [2.45, 2.75) is 20.0 Å². The van der Waals surface area contributed by atoms with Gasteiger partial charge in [0.25, 0.3) is 0 Å². The summed E-state index contributed by atoms with van der Waals surface area (Å²) in [5.41, 5.74) is 5.74. The number of aromatic nitrogens is 2. The van der Waals surface area contributed by atoms with E-state index in [-0.39, 0.29) is 11.9 Å². The number of hydrogen-bond donors (Lipinski definition) is 2. The van der Waals surface area contributed by atoms with Crippen molar-refractivity contribution in [2.75, 3.05) is 25.1 Å². The standard InChI is InChI=1S/C11H19N5O2/c1-8(2)18-5-4-16(3)10-7-13-9(6-14-10)11(12)15-17/h6-8,17H,4-5H2,1-3H3,(H2,12,15). The number of ether oxygens (including phenoxy) is 1. The third-order valence-corrected chi connectivity index (χ3v) is 2.28. The Morgan fingerprint density at radius 1 is 1.50 bits per heavy atom. The van der Waals surface area contributed by atoms with Crippen LogP contribution in [0.1, 0.15) is 19.5 Å². The summed E-state index contributed by atoms with van der Waals surface area (Å²) >= 11 is 0. The molecule has 1 aromatic heterocycles. The first-order valence-electron chi connectivity index (χ1n) is 5.67. The highest BCUT2D eigenvalue weighted by Crippen LogP contribution is 2.06. The molecule has 7 nitrogen and oxygen atoms in total. The molecule has 1 heterocycles. The molecule has 0 bridgehead atoms. The number of amidine groups is 1. The normalized spacial score (nSPS) is 11.9. The van der Waals surface area contributed by atoms with Crippen LogP contribution in [0.3, 0.4) is 0 Å². The van der Waals surface area contributed by atoms with Gasteiger partial charge < -0.3 is 20.6 Å². The van der Waals surface area contributed by atoms with Crippen molar-refractivity contribution >= 4 is 11.7 Å². The first kappa shape index (κ1) is 14.2. The van der Waals surface area contributed by atoms with Gasteiger partial charge in [0.2, 0.25) is 0 Å². The molecule has 0 saturated carbocycles. The first-order chi connectivity index (χ1) is 8.54. The van der Waals surface area contributed by atoms with Gasteiger partial charge in [0.1, 0.15) is 11.5 Å². The zero-order valence-electron chi connectivity index (χ0n) is 10.9. The molecule has 1 aromatic rings. The number of nitrogens with two attached hydrogens (primary N) is 1. The molecule has 0 aliphatic rings. The number of nitrogens with zero attached hydrogens (tertiary/aromatic N) is 4. The van der Waals surface area contributed by atoms with E-state index in [1.54, 1.807) is 6.20 Å². The molecular formula is C11H19N5O2. The second kappa shape index (κ2) is 6.75. The van der Waals surface area contributed by atoms with Crippen molar-refractivity contribution in [1.82, 2.24) is 9.97 Å². The van der Waals surface area contributed by atoms with Gasteiger partial charge in [-0.1, -0.05) is 5.16 Å². The zero-order chi connectivity index (χ0) is 13.5.